The van der Waals surface area contributed by atoms with Crippen LogP contribution in [0.5, 0.6) is 0 Å². The maximum Gasteiger partial charge on any atom is 0.433 e. The number of hydrogen-bond acceptors (Lipinski definition) is 5. The van der Waals surface area contributed by atoms with Crippen molar-refractivity contribution < 1.29 is 17.7 Å². The van der Waals surface area contributed by atoms with Gasteiger partial charge in [0, 0.05) is 5.56 Å². The zero-order chi connectivity index (χ0) is 18.4. The monoisotopic (exact) mass is 399 g/mol. The normalized spacial score (nSPS) is 16.3. The second kappa shape index (κ2) is 6.97. The smallest absolute Gasteiger partial charge is 0.334 e. The number of aromatic nitrogens is 4. The van der Waals surface area contributed by atoms with E-state index >= 15 is 0 Å². The summed E-state index contributed by atoms with van der Waals surface area (Å²) in [4.78, 5) is 4.37. The molecule has 0 spiro atoms. The van der Waals surface area contributed by atoms with Crippen molar-refractivity contribution in [1.29, 1.82) is 0 Å². The molecule has 0 saturated heterocycles. The highest BCUT2D eigenvalue weighted by molar-refractivity contribution is 5.85. The fraction of sp³-hybridized carbons (Fsp3) is 0.353. The van der Waals surface area contributed by atoms with E-state index in [2.05, 4.69) is 15.2 Å². The van der Waals surface area contributed by atoms with Gasteiger partial charge in [0.05, 0.1) is 17.4 Å². The summed E-state index contributed by atoms with van der Waals surface area (Å²) in [6.07, 6.45) is 0.199. The van der Waals surface area contributed by atoms with Gasteiger partial charge in [-0.15, -0.1) is 12.4 Å². The molecule has 2 aromatic heterocycles. The van der Waals surface area contributed by atoms with E-state index in [1.807, 2.05) is 0 Å². The van der Waals surface area contributed by atoms with E-state index in [0.29, 0.717) is 11.4 Å². The minimum atomic E-state index is -4.50. The summed E-state index contributed by atoms with van der Waals surface area (Å²) in [7, 11) is 0. The van der Waals surface area contributed by atoms with Crippen LogP contribution in [0.3, 0.4) is 0 Å². The van der Waals surface area contributed by atoms with Gasteiger partial charge in [-0.1, -0.05) is 24.1 Å². The molecule has 0 radical (unpaired) electrons. The third-order valence-corrected chi connectivity index (χ3v) is 4.64. The average molecular weight is 400 g/mol. The fourth-order valence-electron chi connectivity index (χ4n) is 3.27. The molecule has 0 bridgehead atoms. The molecule has 10 heteroatoms. The molecule has 1 fully saturated rings. The average Bonchev–Trinajstić information content (AvgIpc) is 3.34. The Morgan fingerprint density at radius 3 is 2.59 bits per heavy atom. The molecule has 4 rings (SSSR count). The molecule has 0 amide bonds. The van der Waals surface area contributed by atoms with E-state index in [1.165, 1.54) is 12.1 Å². The summed E-state index contributed by atoms with van der Waals surface area (Å²) < 4.78 is 45.4. The van der Waals surface area contributed by atoms with Crippen LogP contribution < -0.4 is 5.73 Å². The molecule has 144 valence electrons. The van der Waals surface area contributed by atoms with Gasteiger partial charge in [-0.25, -0.2) is 4.68 Å². The minimum absolute atomic E-state index is 0. The van der Waals surface area contributed by atoms with E-state index in [-0.39, 0.29) is 24.0 Å². The summed E-state index contributed by atoms with van der Waals surface area (Å²) >= 11 is 0. The number of rotatable bonds is 3. The first-order valence-electron chi connectivity index (χ1n) is 8.22. The van der Waals surface area contributed by atoms with Gasteiger partial charge in [-0.05, 0) is 37.1 Å². The molecule has 1 aliphatic rings. The first kappa shape index (κ1) is 19.4. The molecule has 0 unspecified atom stereocenters. The van der Waals surface area contributed by atoms with Crippen molar-refractivity contribution >= 4 is 12.4 Å². The SMILES string of the molecule is Cl.NC1(c2noc(-c3cccc(-n4nccc4C(F)(F)F)c3)n2)CCCC1. The van der Waals surface area contributed by atoms with Gasteiger partial charge in [-0.3, -0.25) is 0 Å². The van der Waals surface area contributed by atoms with E-state index in [0.717, 1.165) is 42.6 Å². The first-order chi connectivity index (χ1) is 12.4. The standard InChI is InChI=1S/C17H16F3N5O.ClH/c18-17(19,20)13-6-9-22-25(13)12-5-3-4-11(10-12)14-23-15(24-26-14)16(21)7-1-2-8-16;/h3-6,9-10H,1-2,7-8,21H2;1H. The summed E-state index contributed by atoms with van der Waals surface area (Å²) in [5.41, 5.74) is 5.63. The fourth-order valence-corrected chi connectivity index (χ4v) is 3.27. The van der Waals surface area contributed by atoms with Crippen LogP contribution in [0.2, 0.25) is 0 Å². The molecule has 0 atom stereocenters. The number of halogens is 4. The van der Waals surface area contributed by atoms with Crippen LogP contribution in [0.25, 0.3) is 17.1 Å². The van der Waals surface area contributed by atoms with Crippen LogP contribution in [0, 0.1) is 0 Å². The van der Waals surface area contributed by atoms with Crippen molar-refractivity contribution in [2.24, 2.45) is 5.73 Å². The zero-order valence-electron chi connectivity index (χ0n) is 14.1. The van der Waals surface area contributed by atoms with Gasteiger partial charge in [0.15, 0.2) is 5.82 Å². The number of nitrogens with two attached hydrogens (primary N) is 1. The van der Waals surface area contributed by atoms with Crippen LogP contribution in [0.1, 0.15) is 37.2 Å². The maximum atomic E-state index is 13.1. The Kier molecular flexibility index (Phi) is 5.00. The van der Waals surface area contributed by atoms with E-state index in [1.54, 1.807) is 12.1 Å². The van der Waals surface area contributed by atoms with Crippen LogP contribution in [0.4, 0.5) is 13.2 Å². The van der Waals surface area contributed by atoms with Gasteiger partial charge in [0.2, 0.25) is 0 Å². The molecule has 0 aliphatic heterocycles. The molecule has 2 heterocycles. The molecular formula is C17H17ClF3N5O. The molecule has 3 aromatic rings. The minimum Gasteiger partial charge on any atom is -0.334 e. The summed E-state index contributed by atoms with van der Waals surface area (Å²) in [5, 5.41) is 7.76. The second-order valence-electron chi connectivity index (χ2n) is 6.46. The third kappa shape index (κ3) is 3.57. The Balaban J connectivity index is 0.00000210. The molecule has 1 saturated carbocycles. The van der Waals surface area contributed by atoms with Crippen molar-refractivity contribution in [2.45, 2.75) is 37.4 Å². The van der Waals surface area contributed by atoms with Crippen LogP contribution >= 0.6 is 12.4 Å². The van der Waals surface area contributed by atoms with E-state index in [4.69, 9.17) is 10.3 Å². The lowest BCUT2D eigenvalue weighted by Gasteiger charge is -2.17. The quantitative estimate of drug-likeness (QED) is 0.717. The van der Waals surface area contributed by atoms with Gasteiger partial charge in [0.25, 0.3) is 5.89 Å². The van der Waals surface area contributed by atoms with Crippen molar-refractivity contribution in [1.82, 2.24) is 19.9 Å². The number of benzene rings is 1. The van der Waals surface area contributed by atoms with Crippen molar-refractivity contribution in [3.8, 4) is 17.1 Å². The topological polar surface area (TPSA) is 82.8 Å². The second-order valence-corrected chi connectivity index (χ2v) is 6.46. The Morgan fingerprint density at radius 1 is 1.15 bits per heavy atom. The lowest BCUT2D eigenvalue weighted by Crippen LogP contribution is -2.34. The molecule has 6 nitrogen and oxygen atoms in total. The lowest BCUT2D eigenvalue weighted by atomic mass is 9.99. The van der Waals surface area contributed by atoms with Crippen molar-refractivity contribution in [3.63, 3.8) is 0 Å². The highest BCUT2D eigenvalue weighted by atomic mass is 35.5. The van der Waals surface area contributed by atoms with Gasteiger partial charge < -0.3 is 10.3 Å². The van der Waals surface area contributed by atoms with Gasteiger partial charge in [-0.2, -0.15) is 23.3 Å². The molecule has 27 heavy (non-hydrogen) atoms. The number of alkyl halides is 3. The lowest BCUT2D eigenvalue weighted by molar-refractivity contribution is -0.142. The Labute approximate surface area is 159 Å². The van der Waals surface area contributed by atoms with Crippen molar-refractivity contribution in [3.05, 3.63) is 48.0 Å². The molecule has 1 aromatic carbocycles. The Hall–Kier alpha value is -2.39. The number of nitrogens with zero attached hydrogens (tertiary/aromatic N) is 4. The summed E-state index contributed by atoms with van der Waals surface area (Å²) in [6, 6.07) is 7.29. The summed E-state index contributed by atoms with van der Waals surface area (Å²) in [6.45, 7) is 0. The Bertz CT molecular complexity index is 931. The Morgan fingerprint density at radius 2 is 1.89 bits per heavy atom. The molecule has 1 aliphatic carbocycles. The predicted octanol–water partition coefficient (Wildman–Crippen LogP) is 4.09. The van der Waals surface area contributed by atoms with E-state index in [9.17, 15) is 13.2 Å². The zero-order valence-corrected chi connectivity index (χ0v) is 14.9. The van der Waals surface area contributed by atoms with Gasteiger partial charge in [0.1, 0.15) is 5.69 Å². The highest BCUT2D eigenvalue weighted by Crippen LogP contribution is 2.36. The van der Waals surface area contributed by atoms with Crippen molar-refractivity contribution in [2.75, 3.05) is 0 Å². The van der Waals surface area contributed by atoms with E-state index < -0.39 is 17.4 Å². The van der Waals surface area contributed by atoms with Crippen LogP contribution in [-0.2, 0) is 11.7 Å². The third-order valence-electron chi connectivity index (χ3n) is 4.64. The predicted molar refractivity (Wildman–Crippen MR) is 93.4 cm³/mol. The first-order valence-corrected chi connectivity index (χ1v) is 8.22. The van der Waals surface area contributed by atoms with Crippen LogP contribution in [-0.4, -0.2) is 19.9 Å². The maximum absolute atomic E-state index is 13.1. The van der Waals surface area contributed by atoms with Gasteiger partial charge >= 0.3 is 6.18 Å². The highest BCUT2D eigenvalue weighted by Gasteiger charge is 2.37. The number of hydrogen-bond donors (Lipinski definition) is 1. The largest absolute Gasteiger partial charge is 0.433 e. The molecular weight excluding hydrogens is 383 g/mol. The summed E-state index contributed by atoms with van der Waals surface area (Å²) in [5.74, 6) is 0.657. The van der Waals surface area contributed by atoms with Crippen LogP contribution in [0.15, 0.2) is 41.1 Å². The molecule has 2 N–H and O–H groups in total.